The second-order valence-electron chi connectivity index (χ2n) is 4.18. The highest BCUT2D eigenvalue weighted by Crippen LogP contribution is 1.99. The van der Waals surface area contributed by atoms with Gasteiger partial charge in [-0.1, -0.05) is 0 Å². The minimum Gasteiger partial charge on any atom is -0.462 e. The normalized spacial score (nSPS) is 10.9. The number of hydrogen-bond donors (Lipinski definition) is 1. The number of aromatic nitrogens is 2. The van der Waals surface area contributed by atoms with Crippen LogP contribution in [0, 0.1) is 0 Å². The van der Waals surface area contributed by atoms with Gasteiger partial charge in [0, 0.05) is 26.0 Å². The molecular weight excluding hydrogens is 234 g/mol. The third kappa shape index (κ3) is 5.29. The molecule has 0 bridgehead atoms. The monoisotopic (exact) mass is 255 g/mol. The van der Waals surface area contributed by atoms with Gasteiger partial charge < -0.3 is 19.4 Å². The molecule has 6 nitrogen and oxygen atoms in total. The first-order valence-electron chi connectivity index (χ1n) is 6.02. The lowest BCUT2D eigenvalue weighted by Crippen LogP contribution is -2.23. The van der Waals surface area contributed by atoms with Crippen LogP contribution in [0.5, 0.6) is 0 Å². The van der Waals surface area contributed by atoms with E-state index < -0.39 is 0 Å². The van der Waals surface area contributed by atoms with Crippen LogP contribution in [0.1, 0.15) is 19.7 Å². The molecule has 1 aromatic heterocycles. The Bertz CT molecular complexity index is 363. The summed E-state index contributed by atoms with van der Waals surface area (Å²) in [5.41, 5.74) is 0. The first kappa shape index (κ1) is 14.7. The lowest BCUT2D eigenvalue weighted by molar-refractivity contribution is -0.148. The number of imidazole rings is 1. The molecule has 1 rings (SSSR count). The maximum atomic E-state index is 11.5. The number of carbonyl (C=O) groups is 1. The van der Waals surface area contributed by atoms with Crippen LogP contribution < -0.4 is 5.32 Å². The summed E-state index contributed by atoms with van der Waals surface area (Å²) < 4.78 is 11.8. The second-order valence-corrected chi connectivity index (χ2v) is 4.18. The van der Waals surface area contributed by atoms with E-state index in [9.17, 15) is 4.79 Å². The number of nitrogens with one attached hydrogen (secondary N) is 1. The van der Waals surface area contributed by atoms with E-state index in [-0.39, 0.29) is 18.6 Å². The smallest absolute Gasteiger partial charge is 0.326 e. The Morgan fingerprint density at radius 1 is 1.56 bits per heavy atom. The number of hydrogen-bond acceptors (Lipinski definition) is 5. The van der Waals surface area contributed by atoms with Gasteiger partial charge in [-0.25, -0.2) is 4.98 Å². The van der Waals surface area contributed by atoms with Crippen molar-refractivity contribution in [2.45, 2.75) is 33.0 Å². The molecule has 0 aliphatic rings. The van der Waals surface area contributed by atoms with Gasteiger partial charge in [0.2, 0.25) is 0 Å². The van der Waals surface area contributed by atoms with E-state index in [1.807, 2.05) is 13.8 Å². The molecule has 0 saturated heterocycles. The summed E-state index contributed by atoms with van der Waals surface area (Å²) in [6.07, 6.45) is 3.36. The highest BCUT2D eigenvalue weighted by molar-refractivity contribution is 5.69. The van der Waals surface area contributed by atoms with Crippen molar-refractivity contribution in [3.8, 4) is 0 Å². The molecule has 18 heavy (non-hydrogen) atoms. The summed E-state index contributed by atoms with van der Waals surface area (Å²) >= 11 is 0. The average Bonchev–Trinajstić information content (AvgIpc) is 2.71. The Morgan fingerprint density at radius 3 is 3.00 bits per heavy atom. The van der Waals surface area contributed by atoms with Gasteiger partial charge in [0.15, 0.2) is 0 Å². The molecule has 0 aromatic carbocycles. The molecule has 0 atom stereocenters. The van der Waals surface area contributed by atoms with Crippen molar-refractivity contribution in [2.24, 2.45) is 0 Å². The van der Waals surface area contributed by atoms with Gasteiger partial charge in [0.25, 0.3) is 0 Å². The number of methoxy groups -OCH3 is 1. The van der Waals surface area contributed by atoms with Crippen LogP contribution in [0.3, 0.4) is 0 Å². The third-order valence-corrected chi connectivity index (χ3v) is 2.23. The van der Waals surface area contributed by atoms with Crippen LogP contribution in [0.15, 0.2) is 12.4 Å². The van der Waals surface area contributed by atoms with Gasteiger partial charge >= 0.3 is 5.97 Å². The first-order chi connectivity index (χ1) is 8.63. The zero-order chi connectivity index (χ0) is 13.4. The predicted octanol–water partition coefficient (Wildman–Crippen LogP) is 0.571. The van der Waals surface area contributed by atoms with Crippen molar-refractivity contribution in [2.75, 3.05) is 20.3 Å². The van der Waals surface area contributed by atoms with Crippen molar-refractivity contribution in [1.29, 1.82) is 0 Å². The van der Waals surface area contributed by atoms with Crippen LogP contribution in [0.25, 0.3) is 0 Å². The third-order valence-electron chi connectivity index (χ3n) is 2.23. The quantitative estimate of drug-likeness (QED) is 0.543. The van der Waals surface area contributed by atoms with Crippen molar-refractivity contribution < 1.29 is 14.3 Å². The minimum atomic E-state index is -0.249. The number of nitrogens with zero attached hydrogens (tertiary/aromatic N) is 2. The highest BCUT2D eigenvalue weighted by atomic mass is 16.5. The molecule has 0 aliphatic heterocycles. The zero-order valence-corrected chi connectivity index (χ0v) is 11.2. The summed E-state index contributed by atoms with van der Waals surface area (Å²) in [5.74, 6) is 0.563. The van der Waals surface area contributed by atoms with Crippen LogP contribution in [0.4, 0.5) is 0 Å². The maximum absolute atomic E-state index is 11.5. The van der Waals surface area contributed by atoms with E-state index in [2.05, 4.69) is 10.3 Å². The summed E-state index contributed by atoms with van der Waals surface area (Å²) in [7, 11) is 1.66. The Kier molecular flexibility index (Phi) is 6.38. The minimum absolute atomic E-state index is 0.0932. The fourth-order valence-electron chi connectivity index (χ4n) is 1.46. The molecule has 0 radical (unpaired) electrons. The van der Waals surface area contributed by atoms with E-state index in [1.165, 1.54) is 0 Å². The molecule has 1 heterocycles. The lowest BCUT2D eigenvalue weighted by Gasteiger charge is -2.10. The standard InChI is InChI=1S/C12H21N3O3/c1-10(2)18-12(16)9-15-6-4-14-11(15)8-13-5-7-17-3/h4,6,10,13H,5,7-9H2,1-3H3. The number of carbonyl (C=O) groups excluding carboxylic acids is 1. The van der Waals surface area contributed by atoms with Gasteiger partial charge in [-0.05, 0) is 13.8 Å². The van der Waals surface area contributed by atoms with Gasteiger partial charge in [0.05, 0.1) is 19.3 Å². The van der Waals surface area contributed by atoms with Crippen molar-refractivity contribution in [3.63, 3.8) is 0 Å². The van der Waals surface area contributed by atoms with Crippen LogP contribution in [-0.4, -0.2) is 41.9 Å². The van der Waals surface area contributed by atoms with E-state index in [0.717, 1.165) is 12.4 Å². The Morgan fingerprint density at radius 2 is 2.33 bits per heavy atom. The Balaban J connectivity index is 2.41. The van der Waals surface area contributed by atoms with Gasteiger partial charge in [-0.15, -0.1) is 0 Å². The largest absolute Gasteiger partial charge is 0.462 e. The maximum Gasteiger partial charge on any atom is 0.326 e. The molecule has 0 amide bonds. The lowest BCUT2D eigenvalue weighted by atomic mass is 10.4. The van der Waals surface area contributed by atoms with Crippen LogP contribution in [-0.2, 0) is 27.4 Å². The summed E-state index contributed by atoms with van der Waals surface area (Å²) in [6.45, 7) is 5.86. The molecular formula is C12H21N3O3. The Labute approximate surface area is 107 Å². The molecule has 0 unspecified atom stereocenters. The van der Waals surface area contributed by atoms with Crippen molar-refractivity contribution in [3.05, 3.63) is 18.2 Å². The van der Waals surface area contributed by atoms with E-state index in [1.54, 1.807) is 24.1 Å². The molecule has 6 heteroatoms. The molecule has 0 saturated carbocycles. The molecule has 102 valence electrons. The second kappa shape index (κ2) is 7.84. The number of esters is 1. The molecule has 0 spiro atoms. The average molecular weight is 255 g/mol. The fourth-order valence-corrected chi connectivity index (χ4v) is 1.46. The SMILES string of the molecule is COCCNCc1nccn1CC(=O)OC(C)C. The molecule has 1 aromatic rings. The fraction of sp³-hybridized carbons (Fsp3) is 0.667. The van der Waals surface area contributed by atoms with E-state index in [0.29, 0.717) is 13.2 Å². The van der Waals surface area contributed by atoms with Crippen LogP contribution in [0.2, 0.25) is 0 Å². The highest BCUT2D eigenvalue weighted by Gasteiger charge is 2.09. The van der Waals surface area contributed by atoms with E-state index >= 15 is 0 Å². The van der Waals surface area contributed by atoms with Crippen molar-refractivity contribution in [1.82, 2.24) is 14.9 Å². The van der Waals surface area contributed by atoms with Crippen LogP contribution >= 0.6 is 0 Å². The van der Waals surface area contributed by atoms with Gasteiger partial charge in [-0.2, -0.15) is 0 Å². The Hall–Kier alpha value is -1.40. The number of rotatable bonds is 8. The number of ether oxygens (including phenoxy) is 2. The predicted molar refractivity (Wildman–Crippen MR) is 67.0 cm³/mol. The molecule has 1 N–H and O–H groups in total. The molecule has 0 aliphatic carbocycles. The molecule has 0 fully saturated rings. The van der Waals surface area contributed by atoms with E-state index in [4.69, 9.17) is 9.47 Å². The topological polar surface area (TPSA) is 65.4 Å². The van der Waals surface area contributed by atoms with Gasteiger partial charge in [0.1, 0.15) is 12.4 Å². The summed E-state index contributed by atoms with van der Waals surface area (Å²) in [5, 5.41) is 3.18. The zero-order valence-electron chi connectivity index (χ0n) is 11.2. The van der Waals surface area contributed by atoms with Gasteiger partial charge in [-0.3, -0.25) is 4.79 Å². The first-order valence-corrected chi connectivity index (χ1v) is 6.02. The summed E-state index contributed by atoms with van der Waals surface area (Å²) in [4.78, 5) is 15.7. The summed E-state index contributed by atoms with van der Waals surface area (Å²) in [6, 6.07) is 0. The van der Waals surface area contributed by atoms with Crippen molar-refractivity contribution >= 4 is 5.97 Å².